The average Bonchev–Trinajstić information content (AvgIpc) is 2.81. The van der Waals surface area contributed by atoms with Gasteiger partial charge >= 0.3 is 0 Å². The molecule has 1 unspecified atom stereocenters. The van der Waals surface area contributed by atoms with Crippen molar-refractivity contribution in [3.63, 3.8) is 0 Å². The minimum atomic E-state index is -1.63. The zero-order valence-corrected chi connectivity index (χ0v) is 10.5. The molecule has 1 atom stereocenters. The molecule has 0 bridgehead atoms. The van der Waals surface area contributed by atoms with Gasteiger partial charge in [-0.05, 0) is 38.4 Å². The van der Waals surface area contributed by atoms with Crippen molar-refractivity contribution >= 4 is 5.91 Å². The van der Waals surface area contributed by atoms with E-state index in [2.05, 4.69) is 10.6 Å². The van der Waals surface area contributed by atoms with E-state index in [1.54, 1.807) is 0 Å². The number of nitrogens with one attached hydrogen (secondary N) is 2. The Bertz CT molecular complexity index is 499. The molecule has 1 fully saturated rings. The molecule has 6 heteroatoms. The van der Waals surface area contributed by atoms with Gasteiger partial charge in [-0.2, -0.15) is 0 Å². The summed E-state index contributed by atoms with van der Waals surface area (Å²) in [5.74, 6) is -5.13. The molecule has 19 heavy (non-hydrogen) atoms. The van der Waals surface area contributed by atoms with Crippen LogP contribution in [0, 0.1) is 17.5 Å². The fraction of sp³-hybridized carbons (Fsp3) is 0.462. The SMILES string of the molecule is CC1(CNC(=O)c2ccc(F)c(F)c2F)CCCN1. The van der Waals surface area contributed by atoms with Crippen LogP contribution in [0.4, 0.5) is 13.2 Å². The summed E-state index contributed by atoms with van der Waals surface area (Å²) in [6.07, 6.45) is 1.90. The van der Waals surface area contributed by atoms with Gasteiger partial charge in [0.1, 0.15) is 0 Å². The van der Waals surface area contributed by atoms with E-state index in [0.29, 0.717) is 6.54 Å². The van der Waals surface area contributed by atoms with E-state index in [9.17, 15) is 18.0 Å². The van der Waals surface area contributed by atoms with Gasteiger partial charge in [0, 0.05) is 12.1 Å². The molecule has 104 valence electrons. The maximum Gasteiger partial charge on any atom is 0.254 e. The van der Waals surface area contributed by atoms with E-state index in [0.717, 1.165) is 31.5 Å². The predicted octanol–water partition coefficient (Wildman–Crippen LogP) is 1.98. The maximum atomic E-state index is 13.4. The van der Waals surface area contributed by atoms with Gasteiger partial charge < -0.3 is 10.6 Å². The molecule has 2 N–H and O–H groups in total. The summed E-state index contributed by atoms with van der Waals surface area (Å²) >= 11 is 0. The summed E-state index contributed by atoms with van der Waals surface area (Å²) in [5, 5.41) is 5.77. The quantitative estimate of drug-likeness (QED) is 0.826. The monoisotopic (exact) mass is 272 g/mol. The highest BCUT2D eigenvalue weighted by Crippen LogP contribution is 2.18. The topological polar surface area (TPSA) is 41.1 Å². The Labute approximate surface area is 109 Å². The molecule has 1 aromatic carbocycles. The number of carbonyl (C=O) groups is 1. The second-order valence-electron chi connectivity index (χ2n) is 5.00. The minimum Gasteiger partial charge on any atom is -0.350 e. The van der Waals surface area contributed by atoms with Gasteiger partial charge in [-0.15, -0.1) is 0 Å². The van der Waals surface area contributed by atoms with Crippen molar-refractivity contribution in [3.8, 4) is 0 Å². The number of halogens is 3. The minimum absolute atomic E-state index is 0.231. The van der Waals surface area contributed by atoms with Gasteiger partial charge in [-0.25, -0.2) is 13.2 Å². The molecule has 1 saturated heterocycles. The van der Waals surface area contributed by atoms with Crippen LogP contribution in [0.2, 0.25) is 0 Å². The van der Waals surface area contributed by atoms with E-state index in [-0.39, 0.29) is 5.54 Å². The highest BCUT2D eigenvalue weighted by molar-refractivity contribution is 5.94. The summed E-state index contributed by atoms with van der Waals surface area (Å²) in [6.45, 7) is 3.12. The number of amides is 1. The van der Waals surface area contributed by atoms with Crippen LogP contribution in [0.25, 0.3) is 0 Å². The van der Waals surface area contributed by atoms with Crippen molar-refractivity contribution in [2.75, 3.05) is 13.1 Å². The Morgan fingerprint density at radius 3 is 2.74 bits per heavy atom. The Hall–Kier alpha value is -1.56. The van der Waals surface area contributed by atoms with Crippen LogP contribution in [-0.4, -0.2) is 24.5 Å². The molecule has 2 rings (SSSR count). The van der Waals surface area contributed by atoms with E-state index in [1.807, 2.05) is 6.92 Å². The van der Waals surface area contributed by atoms with Crippen molar-refractivity contribution in [3.05, 3.63) is 35.1 Å². The Balaban J connectivity index is 2.06. The van der Waals surface area contributed by atoms with Gasteiger partial charge in [-0.3, -0.25) is 4.79 Å². The van der Waals surface area contributed by atoms with Crippen LogP contribution in [0.15, 0.2) is 12.1 Å². The second kappa shape index (κ2) is 5.21. The van der Waals surface area contributed by atoms with Gasteiger partial charge in [-0.1, -0.05) is 0 Å². The Kier molecular flexibility index (Phi) is 3.80. The summed E-state index contributed by atoms with van der Waals surface area (Å²) < 4.78 is 39.2. The van der Waals surface area contributed by atoms with Gasteiger partial charge in [0.25, 0.3) is 5.91 Å². The standard InChI is InChI=1S/C13H15F3N2O/c1-13(5-2-6-18-13)7-17-12(19)8-3-4-9(14)11(16)10(8)15/h3-4,18H,2,5-7H2,1H3,(H,17,19). The molecule has 0 spiro atoms. The smallest absolute Gasteiger partial charge is 0.254 e. The predicted molar refractivity (Wildman–Crippen MR) is 64.3 cm³/mol. The van der Waals surface area contributed by atoms with Crippen LogP contribution < -0.4 is 10.6 Å². The third-order valence-corrected chi connectivity index (χ3v) is 3.38. The molecular weight excluding hydrogens is 257 g/mol. The summed E-state index contributed by atoms with van der Waals surface area (Å²) in [6, 6.07) is 1.68. The lowest BCUT2D eigenvalue weighted by molar-refractivity contribution is 0.0937. The lowest BCUT2D eigenvalue weighted by Gasteiger charge is -2.24. The first-order valence-corrected chi connectivity index (χ1v) is 6.10. The molecule has 1 aliphatic heterocycles. The third kappa shape index (κ3) is 2.89. The zero-order chi connectivity index (χ0) is 14.0. The molecular formula is C13H15F3N2O. The molecule has 0 aliphatic carbocycles. The molecule has 1 heterocycles. The molecule has 1 aromatic rings. The van der Waals surface area contributed by atoms with Gasteiger partial charge in [0.05, 0.1) is 5.56 Å². The van der Waals surface area contributed by atoms with Crippen LogP contribution in [0.5, 0.6) is 0 Å². The largest absolute Gasteiger partial charge is 0.350 e. The van der Waals surface area contributed by atoms with E-state index in [1.165, 1.54) is 0 Å². The number of benzene rings is 1. The van der Waals surface area contributed by atoms with Crippen LogP contribution in [0.3, 0.4) is 0 Å². The van der Waals surface area contributed by atoms with Crippen molar-refractivity contribution in [2.24, 2.45) is 0 Å². The molecule has 3 nitrogen and oxygen atoms in total. The van der Waals surface area contributed by atoms with Gasteiger partial charge in [0.2, 0.25) is 0 Å². The molecule has 1 aliphatic rings. The lowest BCUT2D eigenvalue weighted by Crippen LogP contribution is -2.47. The fourth-order valence-corrected chi connectivity index (χ4v) is 2.18. The van der Waals surface area contributed by atoms with Crippen LogP contribution >= 0.6 is 0 Å². The zero-order valence-electron chi connectivity index (χ0n) is 10.5. The Morgan fingerprint density at radius 2 is 2.11 bits per heavy atom. The summed E-state index contributed by atoms with van der Waals surface area (Å²) in [7, 11) is 0. The summed E-state index contributed by atoms with van der Waals surface area (Å²) in [5.41, 5.74) is -0.717. The van der Waals surface area contributed by atoms with Gasteiger partial charge in [0.15, 0.2) is 17.5 Å². The van der Waals surface area contributed by atoms with E-state index >= 15 is 0 Å². The fourth-order valence-electron chi connectivity index (χ4n) is 2.18. The molecule has 0 saturated carbocycles. The first-order valence-electron chi connectivity index (χ1n) is 6.10. The van der Waals surface area contributed by atoms with Crippen molar-refractivity contribution in [1.82, 2.24) is 10.6 Å². The highest BCUT2D eigenvalue weighted by Gasteiger charge is 2.29. The van der Waals surface area contributed by atoms with Crippen LogP contribution in [0.1, 0.15) is 30.1 Å². The first-order chi connectivity index (χ1) is 8.93. The Morgan fingerprint density at radius 1 is 1.37 bits per heavy atom. The third-order valence-electron chi connectivity index (χ3n) is 3.38. The molecule has 1 amide bonds. The highest BCUT2D eigenvalue weighted by atomic mass is 19.2. The average molecular weight is 272 g/mol. The van der Waals surface area contributed by atoms with Crippen LogP contribution in [-0.2, 0) is 0 Å². The maximum absolute atomic E-state index is 13.4. The molecule has 0 radical (unpaired) electrons. The first kappa shape index (κ1) is 13.9. The number of hydrogen-bond acceptors (Lipinski definition) is 2. The second-order valence-corrected chi connectivity index (χ2v) is 5.00. The van der Waals surface area contributed by atoms with E-state index < -0.39 is 28.9 Å². The normalized spacial score (nSPS) is 22.5. The lowest BCUT2D eigenvalue weighted by atomic mass is 10.0. The number of rotatable bonds is 3. The number of hydrogen-bond donors (Lipinski definition) is 2. The molecule has 0 aromatic heterocycles. The van der Waals surface area contributed by atoms with Crippen molar-refractivity contribution < 1.29 is 18.0 Å². The number of carbonyl (C=O) groups excluding carboxylic acids is 1. The summed E-state index contributed by atoms with van der Waals surface area (Å²) in [4.78, 5) is 11.8. The van der Waals surface area contributed by atoms with Crippen molar-refractivity contribution in [2.45, 2.75) is 25.3 Å². The van der Waals surface area contributed by atoms with E-state index in [4.69, 9.17) is 0 Å². The van der Waals surface area contributed by atoms with Crippen molar-refractivity contribution in [1.29, 1.82) is 0 Å².